The molecule has 1 aliphatic heterocycles. The zero-order valence-corrected chi connectivity index (χ0v) is 13.8. The molecule has 1 aromatic rings. The van der Waals surface area contributed by atoms with Crippen molar-refractivity contribution in [1.82, 2.24) is 15.5 Å². The summed E-state index contributed by atoms with van der Waals surface area (Å²) in [4.78, 5) is 24.1. The lowest BCUT2D eigenvalue weighted by molar-refractivity contribution is -0.0984. The first-order chi connectivity index (χ1) is 11.8. The van der Waals surface area contributed by atoms with Crippen molar-refractivity contribution in [3.63, 3.8) is 0 Å². The minimum Gasteiger partial charge on any atom is -0.464 e. The van der Waals surface area contributed by atoms with Gasteiger partial charge in [-0.25, -0.2) is 9.18 Å². The molecule has 0 aliphatic carbocycles. The number of hydrogen-bond acceptors (Lipinski definition) is 8. The Morgan fingerprint density at radius 1 is 1.40 bits per heavy atom. The van der Waals surface area contributed by atoms with Crippen molar-refractivity contribution >= 4 is 11.9 Å². The van der Waals surface area contributed by atoms with Gasteiger partial charge < -0.3 is 25.4 Å². The van der Waals surface area contributed by atoms with Crippen molar-refractivity contribution in [2.24, 2.45) is 0 Å². The third-order valence-corrected chi connectivity index (χ3v) is 4.07. The summed E-state index contributed by atoms with van der Waals surface area (Å²) in [6.45, 7) is 1.91. The predicted octanol–water partition coefficient (Wildman–Crippen LogP) is -0.600. The van der Waals surface area contributed by atoms with Crippen LogP contribution in [-0.4, -0.2) is 63.0 Å². The molecule has 4 N–H and O–H groups in total. The van der Waals surface area contributed by atoms with E-state index in [1.807, 2.05) is 6.92 Å². The van der Waals surface area contributed by atoms with E-state index in [4.69, 9.17) is 5.11 Å². The number of amides is 1. The van der Waals surface area contributed by atoms with Gasteiger partial charge in [0.05, 0.1) is 13.2 Å². The highest BCUT2D eigenvalue weighted by Crippen LogP contribution is 2.32. The summed E-state index contributed by atoms with van der Waals surface area (Å²) in [6.07, 6.45) is -4.63. The molecule has 1 aromatic heterocycles. The molecule has 4 atom stereocenters. The van der Waals surface area contributed by atoms with Gasteiger partial charge in [-0.05, 0) is 18.4 Å². The molecule has 0 radical (unpaired) electrons. The number of carbonyl (C=O) groups is 2. The van der Waals surface area contributed by atoms with Crippen LogP contribution in [0.2, 0.25) is 0 Å². The van der Waals surface area contributed by atoms with Crippen molar-refractivity contribution in [2.75, 3.05) is 7.11 Å². The van der Waals surface area contributed by atoms with E-state index in [9.17, 15) is 24.2 Å². The van der Waals surface area contributed by atoms with Crippen LogP contribution in [0.5, 0.6) is 0 Å². The predicted molar refractivity (Wildman–Crippen MR) is 81.3 cm³/mol. The lowest BCUT2D eigenvalue weighted by Crippen LogP contribution is -2.54. The highest BCUT2D eigenvalue weighted by atomic mass is 19.1. The van der Waals surface area contributed by atoms with Crippen LogP contribution in [0.4, 0.5) is 4.39 Å². The number of alkyl halides is 1. The van der Waals surface area contributed by atoms with E-state index in [1.54, 1.807) is 0 Å². The fraction of sp³-hybridized carbons (Fsp3) is 0.600. The van der Waals surface area contributed by atoms with Crippen molar-refractivity contribution in [3.8, 4) is 0 Å². The lowest BCUT2D eigenvalue weighted by Gasteiger charge is -2.34. The van der Waals surface area contributed by atoms with Crippen molar-refractivity contribution in [1.29, 1.82) is 0 Å². The average Bonchev–Trinajstić information content (AvgIpc) is 2.60. The molecule has 0 fully saturated rings. The van der Waals surface area contributed by atoms with Gasteiger partial charge in [0.25, 0.3) is 5.91 Å². The number of unbranched alkanes of at least 4 members (excludes halogenated alkanes) is 1. The van der Waals surface area contributed by atoms with Gasteiger partial charge in [-0.3, -0.25) is 4.79 Å². The normalized spacial score (nSPS) is 21.9. The summed E-state index contributed by atoms with van der Waals surface area (Å²) >= 11 is 0. The van der Waals surface area contributed by atoms with Gasteiger partial charge in [-0.1, -0.05) is 13.3 Å². The Bertz CT molecular complexity index is 669. The van der Waals surface area contributed by atoms with Gasteiger partial charge in [-0.15, -0.1) is 10.2 Å². The Labute approximate surface area is 142 Å². The maximum Gasteiger partial charge on any atom is 0.358 e. The standard InChI is InChI=1S/C15H20FN3O6/c1-3-4-5-6-7-9(19-18-8(6)15(24)25-2)14(23)17-10(11(7)20)12(21)13(16)22/h10-13,20-22H,3-5H2,1-2H3,(H,17,23). The van der Waals surface area contributed by atoms with E-state index in [0.29, 0.717) is 12.8 Å². The second kappa shape index (κ2) is 7.81. The van der Waals surface area contributed by atoms with E-state index >= 15 is 0 Å². The van der Waals surface area contributed by atoms with E-state index < -0.39 is 36.5 Å². The molecule has 2 heterocycles. The number of methoxy groups -OCH3 is 1. The first kappa shape index (κ1) is 19.2. The fourth-order valence-electron chi connectivity index (χ4n) is 2.76. The topological polar surface area (TPSA) is 142 Å². The van der Waals surface area contributed by atoms with Crippen LogP contribution in [0.1, 0.15) is 58.0 Å². The molecule has 25 heavy (non-hydrogen) atoms. The molecule has 0 saturated heterocycles. The summed E-state index contributed by atoms with van der Waals surface area (Å²) < 4.78 is 17.7. The minimum atomic E-state index is -2.67. The molecule has 0 spiro atoms. The zero-order chi connectivity index (χ0) is 18.7. The highest BCUT2D eigenvalue weighted by molar-refractivity contribution is 5.97. The molecule has 0 aromatic carbocycles. The second-order valence-electron chi connectivity index (χ2n) is 5.69. The summed E-state index contributed by atoms with van der Waals surface area (Å²) in [5.74, 6) is -1.59. The van der Waals surface area contributed by atoms with Gasteiger partial charge in [0.1, 0.15) is 12.2 Å². The smallest absolute Gasteiger partial charge is 0.358 e. The maximum atomic E-state index is 13.1. The molecule has 1 amide bonds. The van der Waals surface area contributed by atoms with Crippen LogP contribution in [0.15, 0.2) is 0 Å². The number of aliphatic hydroxyl groups is 3. The first-order valence-corrected chi connectivity index (χ1v) is 7.80. The molecule has 9 nitrogen and oxygen atoms in total. The molecule has 0 saturated carbocycles. The third-order valence-electron chi connectivity index (χ3n) is 4.07. The zero-order valence-electron chi connectivity index (χ0n) is 13.8. The number of carbonyl (C=O) groups excluding carboxylic acids is 2. The number of aliphatic hydroxyl groups excluding tert-OH is 3. The summed E-state index contributed by atoms with van der Waals surface area (Å²) in [6, 6.07) is -1.50. The summed E-state index contributed by atoms with van der Waals surface area (Å²) in [5, 5.41) is 38.8. The minimum absolute atomic E-state index is 0.0164. The van der Waals surface area contributed by atoms with E-state index in [2.05, 4.69) is 20.3 Å². The lowest BCUT2D eigenvalue weighted by atomic mass is 9.87. The number of rotatable bonds is 6. The molecule has 10 heteroatoms. The monoisotopic (exact) mass is 357 g/mol. The Morgan fingerprint density at radius 2 is 2.08 bits per heavy atom. The van der Waals surface area contributed by atoms with E-state index in [1.165, 1.54) is 0 Å². The number of hydrogen-bond donors (Lipinski definition) is 4. The largest absolute Gasteiger partial charge is 0.464 e. The molecular weight excluding hydrogens is 337 g/mol. The molecule has 1 aliphatic rings. The summed E-state index contributed by atoms with van der Waals surface area (Å²) in [5.41, 5.74) is -0.135. The number of fused-ring (bicyclic) bond motifs is 1. The molecule has 138 valence electrons. The number of ether oxygens (including phenoxy) is 1. The Morgan fingerprint density at radius 3 is 2.64 bits per heavy atom. The van der Waals surface area contributed by atoms with Gasteiger partial charge in [0, 0.05) is 5.56 Å². The number of nitrogens with one attached hydrogen (secondary N) is 1. The van der Waals surface area contributed by atoms with Gasteiger partial charge >= 0.3 is 5.97 Å². The van der Waals surface area contributed by atoms with Gasteiger partial charge in [-0.2, -0.15) is 0 Å². The van der Waals surface area contributed by atoms with Crippen LogP contribution in [0.25, 0.3) is 0 Å². The van der Waals surface area contributed by atoms with E-state index in [0.717, 1.165) is 13.5 Å². The van der Waals surface area contributed by atoms with Crippen LogP contribution in [0, 0.1) is 0 Å². The number of aromatic nitrogens is 2. The van der Waals surface area contributed by atoms with Crippen LogP contribution >= 0.6 is 0 Å². The van der Waals surface area contributed by atoms with Crippen LogP contribution in [-0.2, 0) is 11.2 Å². The molecule has 2 rings (SSSR count). The van der Waals surface area contributed by atoms with Crippen LogP contribution in [0.3, 0.4) is 0 Å². The van der Waals surface area contributed by atoms with Crippen molar-refractivity contribution in [2.45, 2.75) is 50.8 Å². The average molecular weight is 357 g/mol. The first-order valence-electron chi connectivity index (χ1n) is 7.80. The quantitative estimate of drug-likeness (QED) is 0.495. The Hall–Kier alpha value is -2.17. The Kier molecular flexibility index (Phi) is 5.98. The maximum absolute atomic E-state index is 13.1. The van der Waals surface area contributed by atoms with Crippen molar-refractivity contribution in [3.05, 3.63) is 22.5 Å². The molecule has 4 unspecified atom stereocenters. The molecular formula is C15H20FN3O6. The van der Waals surface area contributed by atoms with Crippen LogP contribution < -0.4 is 5.32 Å². The van der Waals surface area contributed by atoms with Crippen molar-refractivity contribution < 1.29 is 34.0 Å². The Balaban J connectivity index is 2.60. The molecule has 0 bridgehead atoms. The van der Waals surface area contributed by atoms with E-state index in [-0.39, 0.29) is 22.5 Å². The second-order valence-corrected chi connectivity index (χ2v) is 5.69. The number of nitrogens with zero attached hydrogens (tertiary/aromatic N) is 2. The summed E-state index contributed by atoms with van der Waals surface area (Å²) in [7, 11) is 1.15. The number of esters is 1. The fourth-order valence-corrected chi connectivity index (χ4v) is 2.76. The number of halogens is 1. The SMILES string of the molecule is CCCCc1c(C(=O)OC)nnc2c1C(O)C(C(O)C(O)F)NC2=O. The third kappa shape index (κ3) is 3.60. The van der Waals surface area contributed by atoms with Gasteiger partial charge in [0.2, 0.25) is 6.36 Å². The van der Waals surface area contributed by atoms with Gasteiger partial charge in [0.15, 0.2) is 11.4 Å². The highest BCUT2D eigenvalue weighted by Gasteiger charge is 2.43.